The molecule has 0 fully saturated rings. The highest BCUT2D eigenvalue weighted by Gasteiger charge is 1.99. The molecule has 1 aromatic carbocycles. The Bertz CT molecular complexity index is 384. The Labute approximate surface area is 76.9 Å². The van der Waals surface area contributed by atoms with Gasteiger partial charge in [-0.3, -0.25) is 0 Å². The molecule has 2 aromatic rings. The molecule has 1 N–H and O–H groups in total. The van der Waals surface area contributed by atoms with Crippen molar-refractivity contribution in [3.63, 3.8) is 0 Å². The molecule has 2 rings (SSSR count). The summed E-state index contributed by atoms with van der Waals surface area (Å²) < 4.78 is 5.51. The van der Waals surface area contributed by atoms with Crippen LogP contribution in [0, 0.1) is 0 Å². The molecule has 0 amide bonds. The fourth-order valence-electron chi connectivity index (χ4n) is 1.24. The van der Waals surface area contributed by atoms with E-state index >= 15 is 0 Å². The zero-order chi connectivity index (χ0) is 9.10. The van der Waals surface area contributed by atoms with Crippen LogP contribution in [0.5, 0.6) is 0 Å². The van der Waals surface area contributed by atoms with Crippen molar-refractivity contribution in [2.45, 2.75) is 0 Å². The molecular weight excluding hydrogens is 162 g/mol. The van der Waals surface area contributed by atoms with Crippen molar-refractivity contribution < 1.29 is 4.42 Å². The second-order valence-electron chi connectivity index (χ2n) is 2.82. The third-order valence-corrected chi connectivity index (χ3v) is 1.85. The molecule has 66 valence electrons. The van der Waals surface area contributed by atoms with E-state index in [4.69, 9.17) is 4.42 Å². The number of para-hydroxylation sites is 1. The van der Waals surface area contributed by atoms with E-state index in [0.29, 0.717) is 0 Å². The van der Waals surface area contributed by atoms with Crippen molar-refractivity contribution in [2.75, 3.05) is 11.9 Å². The number of fused-ring (bicyclic) bond motifs is 1. The molecule has 0 aliphatic rings. The number of benzene rings is 1. The topological polar surface area (TPSA) is 25.2 Å². The Hall–Kier alpha value is -1.70. The van der Waals surface area contributed by atoms with Gasteiger partial charge in [-0.2, -0.15) is 0 Å². The van der Waals surface area contributed by atoms with Crippen LogP contribution in [0.4, 0.5) is 5.88 Å². The Morgan fingerprint density at radius 1 is 1.38 bits per heavy atom. The van der Waals surface area contributed by atoms with Crippen molar-refractivity contribution in [3.8, 4) is 0 Å². The van der Waals surface area contributed by atoms with Gasteiger partial charge in [-0.1, -0.05) is 24.3 Å². The smallest absolute Gasteiger partial charge is 0.194 e. The molecule has 0 aliphatic heterocycles. The highest BCUT2D eigenvalue weighted by Crippen LogP contribution is 2.21. The van der Waals surface area contributed by atoms with E-state index < -0.39 is 0 Å². The number of hydrogen-bond acceptors (Lipinski definition) is 2. The molecule has 0 aliphatic carbocycles. The normalized spacial score (nSPS) is 10.2. The number of anilines is 1. The first-order valence-corrected chi connectivity index (χ1v) is 4.23. The van der Waals surface area contributed by atoms with Crippen LogP contribution in [0.15, 0.2) is 47.4 Å². The molecule has 0 saturated heterocycles. The van der Waals surface area contributed by atoms with Gasteiger partial charge in [0.15, 0.2) is 5.88 Å². The molecule has 0 atom stereocenters. The molecule has 0 spiro atoms. The summed E-state index contributed by atoms with van der Waals surface area (Å²) in [7, 11) is 0. The first-order chi connectivity index (χ1) is 6.40. The summed E-state index contributed by atoms with van der Waals surface area (Å²) in [6, 6.07) is 9.92. The molecule has 1 heterocycles. The Morgan fingerprint density at radius 2 is 2.23 bits per heavy atom. The van der Waals surface area contributed by atoms with Crippen LogP contribution in [-0.4, -0.2) is 6.54 Å². The molecule has 1 aromatic heterocycles. The summed E-state index contributed by atoms with van der Waals surface area (Å²) in [5.41, 5.74) is 0.911. The minimum atomic E-state index is 0.722. The minimum absolute atomic E-state index is 0.722. The Morgan fingerprint density at radius 3 is 3.00 bits per heavy atom. The first-order valence-electron chi connectivity index (χ1n) is 4.23. The molecule has 0 unspecified atom stereocenters. The monoisotopic (exact) mass is 173 g/mol. The van der Waals surface area contributed by atoms with E-state index in [1.54, 1.807) is 6.08 Å². The second kappa shape index (κ2) is 3.35. The van der Waals surface area contributed by atoms with Gasteiger partial charge < -0.3 is 9.73 Å². The molecule has 2 heteroatoms. The Kier molecular flexibility index (Phi) is 2.04. The summed E-state index contributed by atoms with van der Waals surface area (Å²) in [5, 5.41) is 4.22. The van der Waals surface area contributed by atoms with Gasteiger partial charge in [0.05, 0.1) is 0 Å². The van der Waals surface area contributed by atoms with E-state index in [1.807, 2.05) is 30.3 Å². The predicted molar refractivity (Wildman–Crippen MR) is 54.9 cm³/mol. The van der Waals surface area contributed by atoms with Crippen molar-refractivity contribution in [2.24, 2.45) is 0 Å². The molecular formula is C11H11NO. The summed E-state index contributed by atoms with van der Waals surface area (Å²) in [4.78, 5) is 0. The maximum absolute atomic E-state index is 5.51. The lowest BCUT2D eigenvalue weighted by Gasteiger charge is -1.94. The third-order valence-electron chi connectivity index (χ3n) is 1.85. The van der Waals surface area contributed by atoms with Crippen molar-refractivity contribution >= 4 is 16.9 Å². The minimum Gasteiger partial charge on any atom is -0.441 e. The molecule has 0 bridgehead atoms. The van der Waals surface area contributed by atoms with Crippen LogP contribution in [0.1, 0.15) is 0 Å². The van der Waals surface area contributed by atoms with Crippen LogP contribution in [0.25, 0.3) is 11.0 Å². The summed E-state index contributed by atoms with van der Waals surface area (Å²) in [6.07, 6.45) is 1.80. The SMILES string of the molecule is C=CCNc1cc2ccccc2o1. The Balaban J connectivity index is 2.32. The van der Waals surface area contributed by atoms with Gasteiger partial charge in [0, 0.05) is 18.0 Å². The number of hydrogen-bond donors (Lipinski definition) is 1. The fourth-order valence-corrected chi connectivity index (χ4v) is 1.24. The van der Waals surface area contributed by atoms with E-state index in [1.165, 1.54) is 0 Å². The summed E-state index contributed by atoms with van der Waals surface area (Å²) in [6.45, 7) is 4.35. The molecule has 0 radical (unpaired) electrons. The lowest BCUT2D eigenvalue weighted by atomic mass is 10.3. The van der Waals surface area contributed by atoms with Crippen LogP contribution in [0.3, 0.4) is 0 Å². The van der Waals surface area contributed by atoms with Crippen LogP contribution >= 0.6 is 0 Å². The van der Waals surface area contributed by atoms with Gasteiger partial charge >= 0.3 is 0 Å². The highest BCUT2D eigenvalue weighted by molar-refractivity contribution is 5.80. The van der Waals surface area contributed by atoms with Crippen LogP contribution in [-0.2, 0) is 0 Å². The maximum Gasteiger partial charge on any atom is 0.194 e. The standard InChI is InChI=1S/C11H11NO/c1-2-7-12-11-8-9-5-3-4-6-10(9)13-11/h2-6,8,12H,1,7H2. The highest BCUT2D eigenvalue weighted by atomic mass is 16.3. The van der Waals surface area contributed by atoms with Crippen LogP contribution in [0.2, 0.25) is 0 Å². The van der Waals surface area contributed by atoms with E-state index in [-0.39, 0.29) is 0 Å². The van der Waals surface area contributed by atoms with Gasteiger partial charge in [-0.05, 0) is 6.07 Å². The average Bonchev–Trinajstić information content (AvgIpc) is 2.57. The summed E-state index contributed by atoms with van der Waals surface area (Å²) in [5.74, 6) is 0.793. The molecule has 13 heavy (non-hydrogen) atoms. The van der Waals surface area contributed by atoms with Gasteiger partial charge in [-0.15, -0.1) is 6.58 Å². The van der Waals surface area contributed by atoms with E-state index in [9.17, 15) is 0 Å². The second-order valence-corrected chi connectivity index (χ2v) is 2.82. The van der Waals surface area contributed by atoms with Crippen molar-refractivity contribution in [3.05, 3.63) is 43.0 Å². The van der Waals surface area contributed by atoms with Gasteiger partial charge in [0.1, 0.15) is 5.58 Å². The van der Waals surface area contributed by atoms with Gasteiger partial charge in [-0.25, -0.2) is 0 Å². The van der Waals surface area contributed by atoms with Crippen LogP contribution < -0.4 is 5.32 Å². The third kappa shape index (κ3) is 1.56. The average molecular weight is 173 g/mol. The first kappa shape index (κ1) is 7.92. The summed E-state index contributed by atoms with van der Waals surface area (Å²) >= 11 is 0. The number of furan rings is 1. The largest absolute Gasteiger partial charge is 0.441 e. The number of rotatable bonds is 3. The zero-order valence-electron chi connectivity index (χ0n) is 7.29. The quantitative estimate of drug-likeness (QED) is 0.722. The number of nitrogens with one attached hydrogen (secondary N) is 1. The van der Waals surface area contributed by atoms with Crippen molar-refractivity contribution in [1.82, 2.24) is 0 Å². The predicted octanol–water partition coefficient (Wildman–Crippen LogP) is 3.03. The lowest BCUT2D eigenvalue weighted by molar-refractivity contribution is 0.629. The maximum atomic E-state index is 5.51. The fraction of sp³-hybridized carbons (Fsp3) is 0.0909. The zero-order valence-corrected chi connectivity index (χ0v) is 7.29. The van der Waals surface area contributed by atoms with Gasteiger partial charge in [0.25, 0.3) is 0 Å². The van der Waals surface area contributed by atoms with E-state index in [0.717, 1.165) is 23.4 Å². The molecule has 0 saturated carbocycles. The van der Waals surface area contributed by atoms with Crippen molar-refractivity contribution in [1.29, 1.82) is 0 Å². The lowest BCUT2D eigenvalue weighted by Crippen LogP contribution is -1.94. The van der Waals surface area contributed by atoms with Gasteiger partial charge in [0.2, 0.25) is 0 Å². The van der Waals surface area contributed by atoms with E-state index in [2.05, 4.69) is 11.9 Å². The molecule has 2 nitrogen and oxygen atoms in total.